The number of halogens is 1. The maximum Gasteiger partial charge on any atom is 0 e. The Balaban J connectivity index is 0.000000217. The molecule has 7 rings (SSSR count). The maximum absolute atomic E-state index is 13.3. The maximum atomic E-state index is 13.3. The van der Waals surface area contributed by atoms with Gasteiger partial charge < -0.3 is 9.40 Å². The molecule has 3 aromatic heterocycles. The molecule has 0 atom stereocenters. The van der Waals surface area contributed by atoms with Crippen LogP contribution in [-0.4, -0.2) is 23.2 Å². The number of fused-ring (bicyclic) bond motifs is 3. The van der Waals surface area contributed by atoms with Crippen molar-refractivity contribution in [2.45, 2.75) is 44.0 Å². The summed E-state index contributed by atoms with van der Waals surface area (Å²) in [4.78, 5) is 9.19. The third-order valence-corrected chi connectivity index (χ3v) is 12.5. The molecule has 7 aromatic rings. The minimum Gasteiger partial charge on any atom is 0 e. The van der Waals surface area contributed by atoms with Gasteiger partial charge in [-0.25, -0.2) is 4.39 Å². The largest absolute Gasteiger partial charge is 0 e. The van der Waals surface area contributed by atoms with Gasteiger partial charge in [-0.15, -0.1) is 18.2 Å². The first kappa shape index (κ1) is 34.4. The molecule has 0 amide bonds. The van der Waals surface area contributed by atoms with Gasteiger partial charge in [0.2, 0.25) is 0 Å². The molecule has 4 aromatic carbocycles. The van der Waals surface area contributed by atoms with Crippen LogP contribution in [0.4, 0.5) is 4.39 Å². The molecule has 6 heteroatoms. The number of pyridine rings is 2. The van der Waals surface area contributed by atoms with Crippen molar-refractivity contribution in [3.8, 4) is 33.6 Å². The summed E-state index contributed by atoms with van der Waals surface area (Å²) in [5, 5.41) is 2.08. The van der Waals surface area contributed by atoms with Crippen LogP contribution >= 0.6 is 0 Å². The Bertz CT molecular complexity index is 2120. The van der Waals surface area contributed by atoms with Gasteiger partial charge in [0.05, 0.1) is 5.58 Å². The first-order valence-corrected chi connectivity index (χ1v) is 23.0. The molecule has 47 heavy (non-hydrogen) atoms. The predicted molar refractivity (Wildman–Crippen MR) is 191 cm³/mol. The molecule has 0 fully saturated rings. The third kappa shape index (κ3) is 7.65. The minimum absolute atomic E-state index is 0. The van der Waals surface area contributed by atoms with Gasteiger partial charge in [-0.05, 0) is 59.0 Å². The number of hydrogen-bond donors (Lipinski definition) is 0. The zero-order chi connectivity index (χ0) is 32.4. The molecule has 239 valence electrons. The van der Waals surface area contributed by atoms with Gasteiger partial charge in [0.25, 0.3) is 0 Å². The zero-order valence-corrected chi connectivity index (χ0v) is 32.0. The first-order valence-electron chi connectivity index (χ1n) is 15.6. The van der Waals surface area contributed by atoms with E-state index in [2.05, 4.69) is 84.4 Å². The van der Waals surface area contributed by atoms with Crippen LogP contribution in [0.2, 0.25) is 17.3 Å². The summed E-state index contributed by atoms with van der Waals surface area (Å²) in [5.41, 5.74) is 9.80. The van der Waals surface area contributed by atoms with E-state index in [1.54, 1.807) is 12.1 Å². The van der Waals surface area contributed by atoms with Gasteiger partial charge in [-0.1, -0.05) is 55.1 Å². The monoisotopic (exact) mass is 859 g/mol. The second kappa shape index (κ2) is 14.5. The van der Waals surface area contributed by atoms with Crippen LogP contribution in [0, 0.1) is 24.9 Å². The molecule has 0 aliphatic heterocycles. The van der Waals surface area contributed by atoms with Gasteiger partial charge in [0.15, 0.2) is 0 Å². The second-order valence-corrected chi connectivity index (χ2v) is 23.6. The normalized spacial score (nSPS) is 11.3. The van der Waals surface area contributed by atoms with E-state index in [4.69, 9.17) is 4.42 Å². The molecule has 0 N–H and O–H groups in total. The van der Waals surface area contributed by atoms with Gasteiger partial charge in [-0.3, -0.25) is 0 Å². The first-order chi connectivity index (χ1) is 22.1. The predicted octanol–water partition coefficient (Wildman–Crippen LogP) is 10.8. The number of aryl methyl sites for hydroxylation is 1. The molecule has 0 bridgehead atoms. The van der Waals surface area contributed by atoms with Crippen molar-refractivity contribution in [3.05, 3.63) is 139 Å². The molecule has 0 saturated heterocycles. The molecule has 0 saturated carbocycles. The number of nitrogens with zero attached hydrogens (tertiary/aromatic N) is 2. The molecule has 3 heterocycles. The number of hydrogen-bond acceptors (Lipinski definition) is 3. The van der Waals surface area contributed by atoms with E-state index >= 15 is 0 Å². The summed E-state index contributed by atoms with van der Waals surface area (Å²) in [6.07, 6.45) is 3.96. The average molecular weight is 858 g/mol. The number of furan rings is 1. The van der Waals surface area contributed by atoms with Crippen LogP contribution in [0.1, 0.15) is 30.9 Å². The average Bonchev–Trinajstić information content (AvgIpc) is 3.44. The van der Waals surface area contributed by atoms with E-state index in [1.165, 1.54) is 27.7 Å². The molecule has 0 aliphatic carbocycles. The second-order valence-electron chi connectivity index (χ2n) is 13.0. The number of aromatic nitrogens is 2. The molecule has 0 spiro atoms. The Morgan fingerprint density at radius 3 is 2.15 bits per heavy atom. The van der Waals surface area contributed by atoms with Gasteiger partial charge in [0, 0.05) is 31.7 Å². The van der Waals surface area contributed by atoms with E-state index < -0.39 is 13.3 Å². The Hall–Kier alpha value is -3.90. The summed E-state index contributed by atoms with van der Waals surface area (Å²) < 4.78 is 21.0. The molecule has 1 radical (unpaired) electrons. The van der Waals surface area contributed by atoms with Crippen molar-refractivity contribution in [1.29, 1.82) is 0 Å². The van der Waals surface area contributed by atoms with Crippen LogP contribution in [0.15, 0.2) is 114 Å². The summed E-state index contributed by atoms with van der Waals surface area (Å²) >= 11 is -1.72. The Morgan fingerprint density at radius 2 is 1.49 bits per heavy atom. The molecule has 3 nitrogen and oxygen atoms in total. The van der Waals surface area contributed by atoms with Gasteiger partial charge in [-0.2, -0.15) is 0 Å². The van der Waals surface area contributed by atoms with Gasteiger partial charge in [0.1, 0.15) is 11.4 Å². The van der Waals surface area contributed by atoms with E-state index in [0.717, 1.165) is 55.6 Å². The van der Waals surface area contributed by atoms with Crippen molar-refractivity contribution in [1.82, 2.24) is 9.97 Å². The van der Waals surface area contributed by atoms with Crippen molar-refractivity contribution >= 4 is 39.6 Å². The van der Waals surface area contributed by atoms with Crippen LogP contribution in [-0.2, 0) is 20.1 Å². The van der Waals surface area contributed by atoms with E-state index in [0.29, 0.717) is 5.92 Å². The SMILES string of the molecule is Cc1cnc(-c2[c-]ccc3c2oc2cc(-c4ccc(F)cc4)ccc23)cc1C(C)C.[CH3][Ge]([CH3])([CH3])[c]1ccc(-c2[c-]cccc2)nc1.[Ir]. The van der Waals surface area contributed by atoms with Crippen molar-refractivity contribution in [2.24, 2.45) is 0 Å². The smallest absolute Gasteiger partial charge is 0 e. The summed E-state index contributed by atoms with van der Waals surface area (Å²) in [6, 6.07) is 37.5. The fraction of sp³-hybridized carbons (Fsp3) is 0.171. The summed E-state index contributed by atoms with van der Waals surface area (Å²) in [6.45, 7) is 6.47. The van der Waals surface area contributed by atoms with Crippen LogP contribution in [0.3, 0.4) is 0 Å². The summed E-state index contributed by atoms with van der Waals surface area (Å²) in [7, 11) is 0. The fourth-order valence-electron chi connectivity index (χ4n) is 5.60. The zero-order valence-electron chi connectivity index (χ0n) is 27.5. The van der Waals surface area contributed by atoms with Crippen molar-refractivity contribution in [3.63, 3.8) is 0 Å². The van der Waals surface area contributed by atoms with Crippen LogP contribution < -0.4 is 4.40 Å². The molecular formula is C41H37FGeIrN2O-2. The van der Waals surface area contributed by atoms with Crippen LogP contribution in [0.5, 0.6) is 0 Å². The van der Waals surface area contributed by atoms with Crippen molar-refractivity contribution in [2.75, 3.05) is 0 Å². The topological polar surface area (TPSA) is 38.9 Å². The summed E-state index contributed by atoms with van der Waals surface area (Å²) in [5.74, 6) is 7.32. The van der Waals surface area contributed by atoms with Gasteiger partial charge >= 0.3 is 99.8 Å². The van der Waals surface area contributed by atoms with Crippen LogP contribution in [0.25, 0.3) is 55.6 Å². The minimum atomic E-state index is -1.72. The Morgan fingerprint density at radius 1 is 0.745 bits per heavy atom. The van der Waals surface area contributed by atoms with E-state index in [-0.39, 0.29) is 25.9 Å². The number of benzene rings is 4. The Labute approximate surface area is 293 Å². The fourth-order valence-corrected chi connectivity index (χ4v) is 7.77. The third-order valence-electron chi connectivity index (χ3n) is 8.25. The Kier molecular flexibility index (Phi) is 10.6. The quantitative estimate of drug-likeness (QED) is 0.128. The molecule has 0 unspecified atom stereocenters. The van der Waals surface area contributed by atoms with E-state index in [1.807, 2.05) is 60.9 Å². The molecular weight excluding hydrogens is 820 g/mol. The number of rotatable bonds is 5. The molecule has 0 aliphatic rings. The standard InChI is InChI=1S/C27H21FNO.C14H16GeN.Ir/c1-16(2)24-14-25(29-15-17(24)3)23-6-4-5-22-21-12-9-19(13-26(21)30-27(22)23)18-7-10-20(28)11-8-18;1-15(2,3)13-9-10-14(16-11-13)12-7-5-4-6-8-12;/h4-5,7-16H,1-3H3;4-7,9-11H,1-3H3;/q2*-1;. The van der Waals surface area contributed by atoms with Crippen molar-refractivity contribution < 1.29 is 28.9 Å². The van der Waals surface area contributed by atoms with E-state index in [9.17, 15) is 4.39 Å².